The van der Waals surface area contributed by atoms with Gasteiger partial charge in [0, 0.05) is 56.3 Å². The third-order valence-electron chi connectivity index (χ3n) is 9.19. The van der Waals surface area contributed by atoms with Gasteiger partial charge in [-0.05, 0) is 61.1 Å². The van der Waals surface area contributed by atoms with Gasteiger partial charge in [0.1, 0.15) is 6.54 Å². The number of carbonyl (C=O) groups is 2. The van der Waals surface area contributed by atoms with E-state index in [1.807, 2.05) is 0 Å². The predicted molar refractivity (Wildman–Crippen MR) is 138 cm³/mol. The number of halogens is 2. The second-order valence-electron chi connectivity index (χ2n) is 11.5. The number of piperidine rings is 1. The van der Waals surface area contributed by atoms with E-state index in [0.717, 1.165) is 20.0 Å². The molecule has 2 aliphatic heterocycles. The van der Waals surface area contributed by atoms with E-state index in [1.165, 1.54) is 48.3 Å². The molecular formula is C30H35F2N3O2. The van der Waals surface area contributed by atoms with Crippen LogP contribution in [0.3, 0.4) is 0 Å². The first-order valence-electron chi connectivity index (χ1n) is 13.7. The molecule has 0 radical (unpaired) electrons. The maximum atomic E-state index is 13.7. The van der Waals surface area contributed by atoms with Crippen LogP contribution in [0.1, 0.15) is 49.7 Å². The van der Waals surface area contributed by atoms with Crippen molar-refractivity contribution >= 4 is 17.5 Å². The summed E-state index contributed by atoms with van der Waals surface area (Å²) in [6, 6.07) is 17.4. The number of hydrogen-bond acceptors (Lipinski definition) is 3. The fraction of sp³-hybridized carbons (Fsp3) is 0.533. The highest BCUT2D eigenvalue weighted by molar-refractivity contribution is 5.98. The average molecular weight is 508 g/mol. The molecule has 0 bridgehead atoms. The lowest BCUT2D eigenvalue weighted by molar-refractivity contribution is -0.138. The van der Waals surface area contributed by atoms with E-state index in [1.54, 1.807) is 17.0 Å². The first-order valence-corrected chi connectivity index (χ1v) is 13.7. The highest BCUT2D eigenvalue weighted by atomic mass is 19.3. The molecule has 2 saturated carbocycles. The summed E-state index contributed by atoms with van der Waals surface area (Å²) in [7, 11) is 0. The maximum absolute atomic E-state index is 13.7. The van der Waals surface area contributed by atoms with Crippen molar-refractivity contribution in [3.63, 3.8) is 0 Å². The molecule has 2 heterocycles. The minimum atomic E-state index is -2.96. The van der Waals surface area contributed by atoms with Gasteiger partial charge in [0.2, 0.25) is 11.8 Å². The Morgan fingerprint density at radius 1 is 0.919 bits per heavy atom. The number of likely N-dealkylation sites (tertiary alicyclic amines) is 1. The summed E-state index contributed by atoms with van der Waals surface area (Å²) in [4.78, 5) is 32.0. The number of hydrogen-bond donors (Lipinski definition) is 0. The van der Waals surface area contributed by atoms with E-state index < -0.39 is 5.92 Å². The summed E-state index contributed by atoms with van der Waals surface area (Å²) in [6.07, 6.45) is 4.90. The zero-order valence-corrected chi connectivity index (χ0v) is 21.4. The minimum absolute atomic E-state index is 0.0226. The quantitative estimate of drug-likeness (QED) is 0.580. The number of amides is 2. The third-order valence-corrected chi connectivity index (χ3v) is 9.19. The molecule has 7 heteroatoms. The Bertz CT molecular complexity index is 1150. The number of anilines is 1. The molecule has 2 saturated heterocycles. The van der Waals surface area contributed by atoms with Gasteiger partial charge in [0.05, 0.1) is 0 Å². The van der Waals surface area contributed by atoms with E-state index in [2.05, 4.69) is 35.2 Å². The minimum Gasteiger partial charge on any atom is -0.331 e. The number of piperazine rings is 1. The van der Waals surface area contributed by atoms with E-state index in [0.29, 0.717) is 42.6 Å². The number of benzene rings is 2. The second kappa shape index (κ2) is 9.50. The molecule has 2 aromatic rings. The number of fused-ring (bicyclic) bond motifs is 1. The molecular weight excluding hydrogens is 472 g/mol. The van der Waals surface area contributed by atoms with Gasteiger partial charge in [-0.25, -0.2) is 8.78 Å². The van der Waals surface area contributed by atoms with Crippen molar-refractivity contribution in [3.05, 3.63) is 65.7 Å². The van der Waals surface area contributed by atoms with Gasteiger partial charge in [-0.2, -0.15) is 0 Å². The zero-order valence-electron chi connectivity index (χ0n) is 21.4. The van der Waals surface area contributed by atoms with Crippen molar-refractivity contribution in [3.8, 4) is 0 Å². The first-order chi connectivity index (χ1) is 17.8. The van der Waals surface area contributed by atoms with E-state index in [4.69, 9.17) is 0 Å². The lowest BCUT2D eigenvalue weighted by Crippen LogP contribution is -2.53. The molecule has 5 nitrogen and oxygen atoms in total. The van der Waals surface area contributed by atoms with Gasteiger partial charge in [0.15, 0.2) is 0 Å². The van der Waals surface area contributed by atoms with Crippen molar-refractivity contribution in [2.24, 2.45) is 17.8 Å². The van der Waals surface area contributed by atoms with Crippen molar-refractivity contribution in [1.29, 1.82) is 0 Å². The summed E-state index contributed by atoms with van der Waals surface area (Å²) < 4.78 is 27.5. The highest BCUT2D eigenvalue weighted by Crippen LogP contribution is 2.54. The molecule has 6 rings (SSSR count). The van der Waals surface area contributed by atoms with Gasteiger partial charge in [-0.3, -0.25) is 14.5 Å². The lowest BCUT2D eigenvalue weighted by Gasteiger charge is -2.37. The van der Waals surface area contributed by atoms with Crippen molar-refractivity contribution in [2.75, 3.05) is 37.6 Å². The Labute approximate surface area is 217 Å². The Balaban J connectivity index is 0.994. The van der Waals surface area contributed by atoms with E-state index >= 15 is 0 Å². The number of nitrogens with zero attached hydrogens (tertiary/aromatic N) is 3. The van der Waals surface area contributed by atoms with Crippen LogP contribution in [0.15, 0.2) is 54.6 Å². The van der Waals surface area contributed by atoms with Crippen LogP contribution >= 0.6 is 0 Å². The van der Waals surface area contributed by atoms with Crippen molar-refractivity contribution in [2.45, 2.75) is 50.5 Å². The smallest absolute Gasteiger partial charge is 0.270 e. The summed E-state index contributed by atoms with van der Waals surface area (Å²) in [5, 5.41) is 0. The van der Waals surface area contributed by atoms with Crippen LogP contribution in [0, 0.1) is 17.8 Å². The molecule has 2 aliphatic carbocycles. The summed E-state index contributed by atoms with van der Waals surface area (Å²) in [6.45, 7) is 3.65. The Morgan fingerprint density at radius 2 is 1.62 bits per heavy atom. The van der Waals surface area contributed by atoms with Gasteiger partial charge in [0.25, 0.3) is 5.92 Å². The summed E-state index contributed by atoms with van der Waals surface area (Å²) in [5.74, 6) is -1.54. The van der Waals surface area contributed by atoms with Crippen LogP contribution < -0.4 is 4.90 Å². The molecule has 37 heavy (non-hydrogen) atoms. The SMILES string of the molecule is CC(F)(F)c1cccc(N2CCN(C(=O)C3[C@H]4CN(C5CCC(c6ccccc6)CC5)C[C@@H]34)CC2=O)c1. The fourth-order valence-electron chi connectivity index (χ4n) is 7.01. The van der Waals surface area contributed by atoms with Crippen LogP contribution in [-0.4, -0.2) is 60.4 Å². The predicted octanol–water partition coefficient (Wildman–Crippen LogP) is 4.88. The van der Waals surface area contributed by atoms with Gasteiger partial charge in [-0.15, -0.1) is 0 Å². The van der Waals surface area contributed by atoms with E-state index in [9.17, 15) is 18.4 Å². The topological polar surface area (TPSA) is 43.9 Å². The Kier molecular flexibility index (Phi) is 6.30. The number of carbonyl (C=O) groups excluding carboxylic acids is 2. The van der Waals surface area contributed by atoms with E-state index in [-0.39, 0.29) is 29.8 Å². The molecule has 2 aromatic carbocycles. The Morgan fingerprint density at radius 3 is 2.27 bits per heavy atom. The molecule has 0 spiro atoms. The van der Waals surface area contributed by atoms with Crippen LogP contribution in [0.2, 0.25) is 0 Å². The molecule has 4 aliphatic rings. The number of rotatable bonds is 5. The molecule has 1 unspecified atom stereocenters. The highest BCUT2D eigenvalue weighted by Gasteiger charge is 2.61. The molecule has 2 amide bonds. The van der Waals surface area contributed by atoms with Crippen LogP contribution in [-0.2, 0) is 15.5 Å². The van der Waals surface area contributed by atoms with Crippen LogP contribution in [0.5, 0.6) is 0 Å². The molecule has 4 fully saturated rings. The molecule has 196 valence electrons. The third kappa shape index (κ3) is 4.78. The molecule has 0 N–H and O–H groups in total. The van der Waals surface area contributed by atoms with Gasteiger partial charge in [-0.1, -0.05) is 42.5 Å². The second-order valence-corrected chi connectivity index (χ2v) is 11.5. The van der Waals surface area contributed by atoms with Crippen molar-refractivity contribution in [1.82, 2.24) is 9.80 Å². The monoisotopic (exact) mass is 507 g/mol. The molecule has 0 aromatic heterocycles. The maximum Gasteiger partial charge on any atom is 0.270 e. The Hall–Kier alpha value is -2.80. The molecule has 3 atom stereocenters. The van der Waals surface area contributed by atoms with Crippen molar-refractivity contribution < 1.29 is 18.4 Å². The summed E-state index contributed by atoms with van der Waals surface area (Å²) >= 11 is 0. The fourth-order valence-corrected chi connectivity index (χ4v) is 7.01. The normalized spacial score (nSPS) is 30.4. The zero-order chi connectivity index (χ0) is 25.7. The van der Waals surface area contributed by atoms with Crippen LogP contribution in [0.4, 0.5) is 14.5 Å². The van der Waals surface area contributed by atoms with Crippen LogP contribution in [0.25, 0.3) is 0 Å². The lowest BCUT2D eigenvalue weighted by atomic mass is 9.81. The number of alkyl halides is 2. The summed E-state index contributed by atoms with van der Waals surface area (Å²) in [5.41, 5.74) is 1.82. The van der Waals surface area contributed by atoms with Gasteiger partial charge < -0.3 is 9.80 Å². The average Bonchev–Trinajstić information content (AvgIpc) is 3.40. The first kappa shape index (κ1) is 24.5. The standard InChI is InChI=1S/C30H35F2N3O2/c1-30(31,32)22-8-5-9-24(16-22)35-15-14-33(19-27(35)36)29(37)28-25-17-34(18-26(25)28)23-12-10-21(11-13-23)20-6-3-2-4-7-20/h2-9,16,21,23,25-26,28H,10-15,17-19H2,1H3/t21?,23?,25-,26+,28?. The largest absolute Gasteiger partial charge is 0.331 e. The van der Waals surface area contributed by atoms with Gasteiger partial charge >= 0.3 is 0 Å².